The average Bonchev–Trinajstić information content (AvgIpc) is 2.33. The van der Waals surface area contributed by atoms with Crippen LogP contribution in [0.2, 0.25) is 5.02 Å². The van der Waals surface area contributed by atoms with Crippen LogP contribution in [0.5, 0.6) is 5.75 Å². The van der Waals surface area contributed by atoms with Crippen molar-refractivity contribution in [3.8, 4) is 5.75 Å². The van der Waals surface area contributed by atoms with Crippen molar-refractivity contribution in [3.63, 3.8) is 0 Å². The second kappa shape index (κ2) is 4.55. The molecule has 0 saturated heterocycles. The molecule has 92 valence electrons. The number of hydrogen-bond acceptors (Lipinski definition) is 3. The first kappa shape index (κ1) is 12.2. The summed E-state index contributed by atoms with van der Waals surface area (Å²) < 4.78 is 5.47. The lowest BCUT2D eigenvalue weighted by Gasteiger charge is -2.23. The zero-order valence-corrected chi connectivity index (χ0v) is 10.1. The predicted octanol–water partition coefficient (Wildman–Crippen LogP) is 2.09. The van der Waals surface area contributed by atoms with E-state index in [4.69, 9.17) is 21.4 Å². The third kappa shape index (κ3) is 2.10. The molecule has 17 heavy (non-hydrogen) atoms. The molecule has 0 aliphatic carbocycles. The highest BCUT2D eigenvalue weighted by Crippen LogP contribution is 2.38. The van der Waals surface area contributed by atoms with Gasteiger partial charge in [0.05, 0.1) is 11.6 Å². The minimum atomic E-state index is -1.54. The van der Waals surface area contributed by atoms with Crippen molar-refractivity contribution in [1.29, 1.82) is 0 Å². The molecule has 0 saturated carbocycles. The van der Waals surface area contributed by atoms with E-state index in [-0.39, 0.29) is 0 Å². The van der Waals surface area contributed by atoms with Gasteiger partial charge in [0.25, 0.3) is 0 Å². The maximum atomic E-state index is 10.8. The lowest BCUT2D eigenvalue weighted by Crippen LogP contribution is -2.16. The topological polar surface area (TPSA) is 66.8 Å². The Kier molecular flexibility index (Phi) is 3.26. The summed E-state index contributed by atoms with van der Waals surface area (Å²) in [6.07, 6.45) is 0.123. The monoisotopic (exact) mass is 256 g/mol. The van der Waals surface area contributed by atoms with Gasteiger partial charge in [0.2, 0.25) is 0 Å². The first-order chi connectivity index (χ1) is 8.02. The maximum Gasteiger partial charge on any atom is 0.337 e. The summed E-state index contributed by atoms with van der Waals surface area (Å²) in [5.41, 5.74) is 1.99. The molecule has 5 heteroatoms. The Hall–Kier alpha value is -1.26. The number of hydrogen-bond donors (Lipinski definition) is 2. The molecule has 0 bridgehead atoms. The van der Waals surface area contributed by atoms with Crippen LogP contribution in [0.3, 0.4) is 0 Å². The van der Waals surface area contributed by atoms with Gasteiger partial charge >= 0.3 is 5.97 Å². The SMILES string of the molecule is Cc1c(C(O)C(=O)O)cc(Cl)c2c1CCCO2. The van der Waals surface area contributed by atoms with Crippen LogP contribution in [-0.2, 0) is 11.2 Å². The van der Waals surface area contributed by atoms with Crippen molar-refractivity contribution in [1.82, 2.24) is 0 Å². The fourth-order valence-corrected chi connectivity index (χ4v) is 2.38. The van der Waals surface area contributed by atoms with Crippen molar-refractivity contribution >= 4 is 17.6 Å². The molecule has 1 unspecified atom stereocenters. The van der Waals surface area contributed by atoms with Crippen LogP contribution >= 0.6 is 11.6 Å². The zero-order valence-electron chi connectivity index (χ0n) is 9.36. The van der Waals surface area contributed by atoms with E-state index >= 15 is 0 Å². The molecular formula is C12H13ClO4. The summed E-state index contributed by atoms with van der Waals surface area (Å²) in [7, 11) is 0. The Balaban J connectivity index is 2.56. The average molecular weight is 257 g/mol. The van der Waals surface area contributed by atoms with Crippen LogP contribution in [-0.4, -0.2) is 22.8 Å². The number of halogens is 1. The molecule has 0 fully saturated rings. The molecule has 2 N–H and O–H groups in total. The number of carboxylic acids is 1. The van der Waals surface area contributed by atoms with Crippen molar-refractivity contribution in [2.45, 2.75) is 25.9 Å². The highest BCUT2D eigenvalue weighted by molar-refractivity contribution is 6.32. The number of rotatable bonds is 2. The van der Waals surface area contributed by atoms with Gasteiger partial charge < -0.3 is 14.9 Å². The number of fused-ring (bicyclic) bond motifs is 1. The third-order valence-electron chi connectivity index (χ3n) is 3.00. The van der Waals surface area contributed by atoms with Gasteiger partial charge in [-0.05, 0) is 42.5 Å². The van der Waals surface area contributed by atoms with E-state index < -0.39 is 12.1 Å². The van der Waals surface area contributed by atoms with E-state index in [1.807, 2.05) is 0 Å². The Morgan fingerprint density at radius 3 is 2.94 bits per heavy atom. The second-order valence-electron chi connectivity index (χ2n) is 4.07. The van der Waals surface area contributed by atoms with Gasteiger partial charge in [-0.3, -0.25) is 0 Å². The largest absolute Gasteiger partial charge is 0.492 e. The van der Waals surface area contributed by atoms with Gasteiger partial charge in [-0.2, -0.15) is 0 Å². The second-order valence-corrected chi connectivity index (χ2v) is 4.48. The summed E-state index contributed by atoms with van der Waals surface area (Å²) in [6.45, 7) is 2.40. The van der Waals surface area contributed by atoms with Gasteiger partial charge in [0, 0.05) is 0 Å². The summed E-state index contributed by atoms with van der Waals surface area (Å²) in [6, 6.07) is 1.47. The van der Waals surface area contributed by atoms with E-state index in [0.717, 1.165) is 24.0 Å². The van der Waals surface area contributed by atoms with Gasteiger partial charge in [0.15, 0.2) is 6.10 Å². The zero-order chi connectivity index (χ0) is 12.6. The molecule has 0 amide bonds. The number of benzene rings is 1. The summed E-state index contributed by atoms with van der Waals surface area (Å²) >= 11 is 6.04. The molecule has 1 aliphatic heterocycles. The van der Waals surface area contributed by atoms with Crippen molar-refractivity contribution in [3.05, 3.63) is 27.8 Å². The standard InChI is InChI=1S/C12H13ClO4/c1-6-7-3-2-4-17-11(7)9(13)5-8(6)10(14)12(15)16/h5,10,14H,2-4H2,1H3,(H,15,16). The van der Waals surface area contributed by atoms with E-state index in [0.29, 0.717) is 22.9 Å². The smallest absolute Gasteiger partial charge is 0.337 e. The highest BCUT2D eigenvalue weighted by Gasteiger charge is 2.25. The quantitative estimate of drug-likeness (QED) is 0.850. The van der Waals surface area contributed by atoms with Gasteiger partial charge in [0.1, 0.15) is 5.75 Å². The Morgan fingerprint density at radius 1 is 1.59 bits per heavy atom. The van der Waals surface area contributed by atoms with E-state index in [1.54, 1.807) is 6.92 Å². The maximum absolute atomic E-state index is 10.8. The minimum Gasteiger partial charge on any atom is -0.492 e. The van der Waals surface area contributed by atoms with Crippen LogP contribution in [0.1, 0.15) is 29.2 Å². The summed E-state index contributed by atoms with van der Waals surface area (Å²) in [5.74, 6) is -0.655. The van der Waals surface area contributed by atoms with Crippen molar-refractivity contribution in [2.24, 2.45) is 0 Å². The molecule has 4 nitrogen and oxygen atoms in total. The molecule has 1 atom stereocenters. The van der Waals surface area contributed by atoms with E-state index in [9.17, 15) is 9.90 Å². The minimum absolute atomic E-state index is 0.340. The molecular weight excluding hydrogens is 244 g/mol. The summed E-state index contributed by atoms with van der Waals surface area (Å²) in [4.78, 5) is 10.8. The van der Waals surface area contributed by atoms with Crippen LogP contribution < -0.4 is 4.74 Å². The number of ether oxygens (including phenoxy) is 1. The van der Waals surface area contributed by atoms with Crippen LogP contribution in [0.25, 0.3) is 0 Å². The fraction of sp³-hybridized carbons (Fsp3) is 0.417. The first-order valence-corrected chi connectivity index (χ1v) is 5.75. The lowest BCUT2D eigenvalue weighted by molar-refractivity contribution is -0.147. The van der Waals surface area contributed by atoms with Crippen LogP contribution in [0.4, 0.5) is 0 Å². The van der Waals surface area contributed by atoms with Gasteiger partial charge in [-0.25, -0.2) is 4.79 Å². The predicted molar refractivity (Wildman–Crippen MR) is 62.6 cm³/mol. The number of carboxylic acid groups (broad SMARTS) is 1. The molecule has 2 rings (SSSR count). The van der Waals surface area contributed by atoms with Gasteiger partial charge in [-0.1, -0.05) is 11.6 Å². The Labute approximate surface area is 104 Å². The molecule has 1 heterocycles. The number of aliphatic hydroxyl groups is 1. The lowest BCUT2D eigenvalue weighted by atomic mass is 9.93. The van der Waals surface area contributed by atoms with Gasteiger partial charge in [-0.15, -0.1) is 0 Å². The third-order valence-corrected chi connectivity index (χ3v) is 3.29. The summed E-state index contributed by atoms with van der Waals surface area (Å²) in [5, 5.41) is 18.8. The number of aliphatic carboxylic acids is 1. The van der Waals surface area contributed by atoms with Crippen molar-refractivity contribution in [2.75, 3.05) is 6.61 Å². The molecule has 0 spiro atoms. The number of aliphatic hydroxyl groups excluding tert-OH is 1. The fourth-order valence-electron chi connectivity index (χ4n) is 2.10. The van der Waals surface area contributed by atoms with Crippen LogP contribution in [0.15, 0.2) is 6.07 Å². The van der Waals surface area contributed by atoms with E-state index in [1.165, 1.54) is 6.07 Å². The Bertz CT molecular complexity index is 470. The molecule has 1 aliphatic rings. The normalized spacial score (nSPS) is 15.9. The van der Waals surface area contributed by atoms with Crippen molar-refractivity contribution < 1.29 is 19.7 Å². The highest BCUT2D eigenvalue weighted by atomic mass is 35.5. The van der Waals surface area contributed by atoms with Crippen LogP contribution in [0, 0.1) is 6.92 Å². The first-order valence-electron chi connectivity index (χ1n) is 5.38. The number of carbonyl (C=O) groups is 1. The Morgan fingerprint density at radius 2 is 2.29 bits per heavy atom. The molecule has 0 aromatic heterocycles. The molecule has 1 aromatic carbocycles. The molecule has 0 radical (unpaired) electrons. The van der Waals surface area contributed by atoms with E-state index in [2.05, 4.69) is 0 Å². The molecule has 1 aromatic rings.